The fraction of sp³-hybridized carbons (Fsp3) is 0.763. The van der Waals surface area contributed by atoms with Gasteiger partial charge in [0.15, 0.2) is 0 Å². The van der Waals surface area contributed by atoms with Crippen molar-refractivity contribution in [2.24, 2.45) is 5.73 Å². The average Bonchev–Trinajstić information content (AvgIpc) is 3.06. The van der Waals surface area contributed by atoms with Gasteiger partial charge in [-0.05, 0) is 37.0 Å². The van der Waals surface area contributed by atoms with Gasteiger partial charge in [-0.2, -0.15) is 11.8 Å². The first-order chi connectivity index (χ1) is 22.8. The number of hydrogen-bond donors (Lipinski definition) is 3. The molecule has 0 aliphatic heterocycles. The number of ether oxygens (including phenoxy) is 2. The van der Waals surface area contributed by atoms with Crippen LogP contribution in [-0.4, -0.2) is 59.8 Å². The zero-order chi connectivity index (χ0) is 34.4. The number of amides is 1. The lowest BCUT2D eigenvalue weighted by molar-refractivity contribution is -0.157. The van der Waals surface area contributed by atoms with E-state index in [1.165, 1.54) is 88.8 Å². The minimum atomic E-state index is -0.715. The molecule has 0 heterocycles. The van der Waals surface area contributed by atoms with Gasteiger partial charge in [0.25, 0.3) is 0 Å². The molecule has 0 spiro atoms. The summed E-state index contributed by atoms with van der Waals surface area (Å²) >= 11 is 1.42. The number of benzene rings is 1. The molecule has 1 aromatic rings. The highest BCUT2D eigenvalue weighted by atomic mass is 32.2. The quantitative estimate of drug-likeness (QED) is 0.0528. The molecule has 0 radical (unpaired) electrons. The number of unbranched alkanes of at least 4 members (excludes halogenated alkanes) is 16. The number of phenols is 1. The lowest BCUT2D eigenvalue weighted by Crippen LogP contribution is -2.43. The van der Waals surface area contributed by atoms with Gasteiger partial charge in [-0.25, -0.2) is 0 Å². The van der Waals surface area contributed by atoms with Gasteiger partial charge in [0.1, 0.15) is 18.5 Å². The van der Waals surface area contributed by atoms with Gasteiger partial charge < -0.3 is 25.6 Å². The molecule has 0 aromatic heterocycles. The van der Waals surface area contributed by atoms with Gasteiger partial charge in [0.05, 0.1) is 6.04 Å². The van der Waals surface area contributed by atoms with Crippen molar-refractivity contribution in [3.05, 3.63) is 29.8 Å². The van der Waals surface area contributed by atoms with E-state index in [2.05, 4.69) is 19.2 Å². The molecule has 0 bridgehead atoms. The van der Waals surface area contributed by atoms with E-state index in [-0.39, 0.29) is 30.2 Å². The Bertz CT molecular complexity index is 929. The second-order valence-corrected chi connectivity index (χ2v) is 13.9. The van der Waals surface area contributed by atoms with E-state index in [1.54, 1.807) is 12.1 Å². The normalized spacial score (nSPS) is 12.4. The van der Waals surface area contributed by atoms with Gasteiger partial charge in [-0.15, -0.1) is 0 Å². The fourth-order valence-corrected chi connectivity index (χ4v) is 6.27. The molecule has 47 heavy (non-hydrogen) atoms. The lowest BCUT2D eigenvalue weighted by Gasteiger charge is -2.19. The van der Waals surface area contributed by atoms with Crippen molar-refractivity contribution in [2.45, 2.75) is 161 Å². The zero-order valence-electron chi connectivity index (χ0n) is 29.6. The highest BCUT2D eigenvalue weighted by molar-refractivity contribution is 7.99. The molecule has 9 heteroatoms. The Balaban J connectivity index is 2.40. The van der Waals surface area contributed by atoms with Crippen LogP contribution in [0.1, 0.15) is 148 Å². The average molecular weight is 679 g/mol. The maximum atomic E-state index is 12.6. The maximum absolute atomic E-state index is 12.6. The monoisotopic (exact) mass is 678 g/mol. The molecule has 1 amide bonds. The minimum absolute atomic E-state index is 0.0147. The molecular weight excluding hydrogens is 612 g/mol. The zero-order valence-corrected chi connectivity index (χ0v) is 30.4. The molecule has 1 rings (SSSR count). The van der Waals surface area contributed by atoms with E-state index in [1.807, 2.05) is 12.1 Å². The summed E-state index contributed by atoms with van der Waals surface area (Å²) in [6, 6.07) is 6.16. The first kappa shape index (κ1) is 42.8. The summed E-state index contributed by atoms with van der Waals surface area (Å²) in [5, 5.41) is 12.3. The van der Waals surface area contributed by atoms with Crippen molar-refractivity contribution in [3.63, 3.8) is 0 Å². The van der Waals surface area contributed by atoms with Crippen molar-refractivity contribution >= 4 is 29.6 Å². The summed E-state index contributed by atoms with van der Waals surface area (Å²) in [5.41, 5.74) is 7.13. The van der Waals surface area contributed by atoms with E-state index >= 15 is 0 Å². The minimum Gasteiger partial charge on any atom is -0.508 e. The molecule has 0 saturated heterocycles. The number of esters is 2. The Morgan fingerprint density at radius 1 is 0.723 bits per heavy atom. The summed E-state index contributed by atoms with van der Waals surface area (Å²) in [6.07, 6.45) is 21.9. The molecule has 0 aliphatic rings. The van der Waals surface area contributed by atoms with E-state index in [9.17, 15) is 19.5 Å². The van der Waals surface area contributed by atoms with Crippen molar-refractivity contribution < 1.29 is 29.0 Å². The van der Waals surface area contributed by atoms with Crippen LogP contribution < -0.4 is 11.1 Å². The lowest BCUT2D eigenvalue weighted by atomic mass is 10.1. The van der Waals surface area contributed by atoms with Gasteiger partial charge in [-0.3, -0.25) is 14.4 Å². The number of thioether (sulfide) groups is 1. The Morgan fingerprint density at radius 3 is 1.74 bits per heavy atom. The Morgan fingerprint density at radius 2 is 1.21 bits per heavy atom. The van der Waals surface area contributed by atoms with Crippen LogP contribution in [0.15, 0.2) is 24.3 Å². The smallest absolute Gasteiger partial charge is 0.306 e. The number of nitrogens with two attached hydrogens (primary N) is 1. The predicted octanol–water partition coefficient (Wildman–Crippen LogP) is 8.41. The van der Waals surface area contributed by atoms with Crippen LogP contribution in [0.25, 0.3) is 0 Å². The third-order valence-corrected chi connectivity index (χ3v) is 9.49. The topological polar surface area (TPSA) is 128 Å². The molecule has 4 N–H and O–H groups in total. The van der Waals surface area contributed by atoms with Crippen molar-refractivity contribution in [1.29, 1.82) is 0 Å². The van der Waals surface area contributed by atoms with Crippen molar-refractivity contribution in [1.82, 2.24) is 5.32 Å². The number of rotatable bonds is 31. The second kappa shape index (κ2) is 29.8. The third-order valence-electron chi connectivity index (χ3n) is 8.28. The van der Waals surface area contributed by atoms with E-state index in [0.29, 0.717) is 37.3 Å². The van der Waals surface area contributed by atoms with Crippen molar-refractivity contribution in [3.8, 4) is 5.75 Å². The molecule has 0 aliphatic carbocycles. The number of nitrogens with one attached hydrogen (secondary N) is 1. The summed E-state index contributed by atoms with van der Waals surface area (Å²) in [5.74, 6) is 0.167. The SMILES string of the molecule is CCCCCCCCCCCC(=O)OCC(CSC[C@H](N)C(=O)NCCc1ccc(O)cc1)OC(=O)CCCCCCCCCCC. The van der Waals surface area contributed by atoms with Gasteiger partial charge in [-0.1, -0.05) is 129 Å². The maximum Gasteiger partial charge on any atom is 0.306 e. The highest BCUT2D eigenvalue weighted by Gasteiger charge is 2.20. The first-order valence-electron chi connectivity index (χ1n) is 18.6. The fourth-order valence-electron chi connectivity index (χ4n) is 5.30. The van der Waals surface area contributed by atoms with Crippen LogP contribution in [-0.2, 0) is 30.3 Å². The molecule has 0 fully saturated rings. The largest absolute Gasteiger partial charge is 0.508 e. The molecule has 1 unspecified atom stereocenters. The first-order valence-corrected chi connectivity index (χ1v) is 19.7. The standard InChI is InChI=1S/C38H66N2O6S/c1-3-5-7-9-11-13-15-17-19-21-36(42)45-29-34(46-37(43)22-20-18-16-14-12-10-8-6-4-2)30-47-31-35(39)38(44)40-28-27-32-23-25-33(41)26-24-32/h23-26,34-35,41H,3-22,27-31,39H2,1-2H3,(H,40,44)/t34?,35-/m0/s1. The van der Waals surface area contributed by atoms with Crippen molar-refractivity contribution in [2.75, 3.05) is 24.7 Å². The number of hydrogen-bond acceptors (Lipinski definition) is 8. The number of carbonyl (C=O) groups excluding carboxylic acids is 3. The van der Waals surface area contributed by atoms with Crippen LogP contribution >= 0.6 is 11.8 Å². The molecule has 2 atom stereocenters. The number of aromatic hydroxyl groups is 1. The Hall–Kier alpha value is -2.26. The number of phenolic OH excluding ortho intramolecular Hbond substituents is 1. The van der Waals surface area contributed by atoms with Crippen LogP contribution in [0.4, 0.5) is 0 Å². The highest BCUT2D eigenvalue weighted by Crippen LogP contribution is 2.15. The van der Waals surface area contributed by atoms with E-state index in [4.69, 9.17) is 15.2 Å². The third kappa shape index (κ3) is 25.4. The van der Waals surface area contributed by atoms with Gasteiger partial charge >= 0.3 is 11.9 Å². The summed E-state index contributed by atoms with van der Waals surface area (Å²) in [7, 11) is 0. The molecular formula is C38H66N2O6S. The molecule has 270 valence electrons. The molecule has 1 aromatic carbocycles. The van der Waals surface area contributed by atoms with Crippen LogP contribution in [0.5, 0.6) is 5.75 Å². The Kier molecular flexibility index (Phi) is 27.2. The van der Waals surface area contributed by atoms with E-state index in [0.717, 1.165) is 44.1 Å². The predicted molar refractivity (Wildman–Crippen MR) is 195 cm³/mol. The van der Waals surface area contributed by atoms with E-state index < -0.39 is 12.1 Å². The molecule has 0 saturated carbocycles. The van der Waals surface area contributed by atoms with Gasteiger partial charge in [0, 0.05) is 30.9 Å². The Labute approximate surface area is 290 Å². The molecule has 8 nitrogen and oxygen atoms in total. The second-order valence-electron chi connectivity index (χ2n) is 12.8. The van der Waals surface area contributed by atoms with Crippen LogP contribution in [0, 0.1) is 0 Å². The van der Waals surface area contributed by atoms with Crippen LogP contribution in [0.3, 0.4) is 0 Å². The number of carbonyl (C=O) groups is 3. The summed E-state index contributed by atoms with van der Waals surface area (Å²) in [4.78, 5) is 37.6. The summed E-state index contributed by atoms with van der Waals surface area (Å²) < 4.78 is 11.3. The summed E-state index contributed by atoms with van der Waals surface area (Å²) in [6.45, 7) is 4.91. The van der Waals surface area contributed by atoms with Crippen LogP contribution in [0.2, 0.25) is 0 Å². The van der Waals surface area contributed by atoms with Gasteiger partial charge in [0.2, 0.25) is 5.91 Å².